The fourth-order valence-corrected chi connectivity index (χ4v) is 9.29. The first-order valence-corrected chi connectivity index (χ1v) is 15.3. The van der Waals surface area contributed by atoms with Gasteiger partial charge in [-0.2, -0.15) is 0 Å². The Balaban J connectivity index is 1.36. The molecule has 0 amide bonds. The van der Waals surface area contributed by atoms with Crippen molar-refractivity contribution >= 4 is 6.16 Å². The summed E-state index contributed by atoms with van der Waals surface area (Å²) in [5, 5.41) is 8.88. The molecule has 0 saturated heterocycles. The van der Waals surface area contributed by atoms with Crippen LogP contribution in [0, 0.1) is 46.3 Å². The summed E-state index contributed by atoms with van der Waals surface area (Å²) in [4.78, 5) is 12.2. The minimum atomic E-state index is -0.538. The predicted octanol–water partition coefficient (Wildman–Crippen LogP) is 8.32. The molecule has 4 aliphatic rings. The number of carbonyl (C=O) groups is 1. The first kappa shape index (κ1) is 28.0. The summed E-state index contributed by atoms with van der Waals surface area (Å²) in [6.45, 7) is 12.9. The average molecular weight is 503 g/mol. The standard InChI is InChI=1S/C32H54O4/c1-22(2)9-8-10-23(3)27-13-14-28-26-12-11-24-21-25(36-30(34)35-20-7-6-19-33)15-17-31(24,4)29(26)16-18-32(27,28)5/h11,22-23,25-29,33H,6-10,12-21H2,1-5H3/t23-,25+,26?,27-,28?,29?,31+,32-/m1/s1. The summed E-state index contributed by atoms with van der Waals surface area (Å²) in [5.41, 5.74) is 2.35. The van der Waals surface area contributed by atoms with Crippen LogP contribution in [0.4, 0.5) is 4.79 Å². The van der Waals surface area contributed by atoms with E-state index in [0.717, 1.165) is 54.8 Å². The van der Waals surface area contributed by atoms with Crippen molar-refractivity contribution in [2.24, 2.45) is 46.3 Å². The van der Waals surface area contributed by atoms with Gasteiger partial charge in [-0.1, -0.05) is 65.5 Å². The summed E-state index contributed by atoms with van der Waals surface area (Å²) >= 11 is 0. The molecule has 0 radical (unpaired) electrons. The summed E-state index contributed by atoms with van der Waals surface area (Å²) in [6, 6.07) is 0. The largest absolute Gasteiger partial charge is 0.508 e. The molecule has 0 aromatic rings. The third-order valence-corrected chi connectivity index (χ3v) is 11.3. The Kier molecular flexibility index (Phi) is 9.16. The van der Waals surface area contributed by atoms with Gasteiger partial charge in [-0.25, -0.2) is 4.79 Å². The van der Waals surface area contributed by atoms with E-state index < -0.39 is 6.16 Å². The van der Waals surface area contributed by atoms with Crippen LogP contribution >= 0.6 is 0 Å². The van der Waals surface area contributed by atoms with Crippen LogP contribution in [0.2, 0.25) is 0 Å². The van der Waals surface area contributed by atoms with Gasteiger partial charge in [0.2, 0.25) is 0 Å². The van der Waals surface area contributed by atoms with Crippen LogP contribution in [-0.4, -0.2) is 30.6 Å². The molecular formula is C32H54O4. The molecule has 8 atom stereocenters. The molecule has 0 aromatic carbocycles. The average Bonchev–Trinajstić information content (AvgIpc) is 3.19. The first-order chi connectivity index (χ1) is 17.2. The molecule has 4 nitrogen and oxygen atoms in total. The molecule has 3 fully saturated rings. The van der Waals surface area contributed by atoms with E-state index in [2.05, 4.69) is 40.7 Å². The number of unbranched alkanes of at least 4 members (excludes halogenated alkanes) is 1. The molecule has 206 valence electrons. The zero-order valence-corrected chi connectivity index (χ0v) is 23.9. The molecule has 0 heterocycles. The molecule has 3 unspecified atom stereocenters. The highest BCUT2D eigenvalue weighted by molar-refractivity contribution is 5.60. The number of rotatable bonds is 10. The zero-order valence-electron chi connectivity index (χ0n) is 23.9. The lowest BCUT2D eigenvalue weighted by Crippen LogP contribution is -2.51. The Morgan fingerprint density at radius 1 is 1.03 bits per heavy atom. The number of aliphatic hydroxyl groups excluding tert-OH is 1. The highest BCUT2D eigenvalue weighted by Gasteiger charge is 2.59. The van der Waals surface area contributed by atoms with Crippen molar-refractivity contribution in [3.05, 3.63) is 11.6 Å². The van der Waals surface area contributed by atoms with Crippen LogP contribution in [0.1, 0.15) is 118 Å². The summed E-state index contributed by atoms with van der Waals surface area (Å²) in [6.07, 6.45) is 17.3. The summed E-state index contributed by atoms with van der Waals surface area (Å²) in [5.74, 6) is 5.09. The lowest BCUT2D eigenvalue weighted by Gasteiger charge is -2.58. The fraction of sp³-hybridized carbons (Fsp3) is 0.906. The number of fused-ring (bicyclic) bond motifs is 5. The Morgan fingerprint density at radius 3 is 2.58 bits per heavy atom. The second-order valence-electron chi connectivity index (χ2n) is 13.8. The van der Waals surface area contributed by atoms with Gasteiger partial charge in [0.25, 0.3) is 0 Å². The zero-order chi connectivity index (χ0) is 25.9. The second kappa shape index (κ2) is 11.8. The SMILES string of the molecule is CC(C)CCC[C@@H](C)[C@H]1CCC2C3CC=C4C[C@@H](OC(=O)OCCCCO)CC[C@]4(C)C3CC[C@@]21C. The molecular weight excluding hydrogens is 448 g/mol. The predicted molar refractivity (Wildman–Crippen MR) is 146 cm³/mol. The monoisotopic (exact) mass is 502 g/mol. The molecule has 1 N–H and O–H groups in total. The maximum absolute atomic E-state index is 12.2. The molecule has 4 aliphatic carbocycles. The van der Waals surface area contributed by atoms with Gasteiger partial charge in [-0.05, 0) is 104 Å². The Hall–Kier alpha value is -1.03. The molecule has 0 aliphatic heterocycles. The third-order valence-electron chi connectivity index (χ3n) is 11.3. The Labute approximate surface area is 221 Å². The molecule has 4 rings (SSSR count). The van der Waals surface area contributed by atoms with E-state index in [9.17, 15) is 4.79 Å². The van der Waals surface area contributed by atoms with Crippen LogP contribution in [0.3, 0.4) is 0 Å². The van der Waals surface area contributed by atoms with Gasteiger partial charge in [0.15, 0.2) is 0 Å². The van der Waals surface area contributed by atoms with Crippen molar-refractivity contribution in [3.63, 3.8) is 0 Å². The van der Waals surface area contributed by atoms with Gasteiger partial charge in [0.1, 0.15) is 6.10 Å². The lowest BCUT2D eigenvalue weighted by molar-refractivity contribution is -0.0617. The van der Waals surface area contributed by atoms with E-state index in [0.29, 0.717) is 24.9 Å². The van der Waals surface area contributed by atoms with Crippen LogP contribution < -0.4 is 0 Å². The lowest BCUT2D eigenvalue weighted by atomic mass is 9.47. The molecule has 36 heavy (non-hydrogen) atoms. The van der Waals surface area contributed by atoms with Crippen LogP contribution in [-0.2, 0) is 9.47 Å². The van der Waals surface area contributed by atoms with Crippen molar-refractivity contribution < 1.29 is 19.4 Å². The Morgan fingerprint density at radius 2 is 1.83 bits per heavy atom. The highest BCUT2D eigenvalue weighted by Crippen LogP contribution is 2.67. The van der Waals surface area contributed by atoms with Gasteiger partial charge in [-0.15, -0.1) is 0 Å². The Bertz CT molecular complexity index is 774. The number of allylic oxidation sites excluding steroid dienone is 1. The van der Waals surface area contributed by atoms with Crippen molar-refractivity contribution in [2.45, 2.75) is 124 Å². The van der Waals surface area contributed by atoms with Gasteiger partial charge in [0, 0.05) is 13.0 Å². The number of hydrogen-bond acceptors (Lipinski definition) is 4. The van der Waals surface area contributed by atoms with Gasteiger partial charge in [0.05, 0.1) is 6.61 Å². The minimum Gasteiger partial charge on any atom is -0.434 e. The van der Waals surface area contributed by atoms with E-state index >= 15 is 0 Å². The van der Waals surface area contributed by atoms with E-state index in [1.54, 1.807) is 5.57 Å². The molecule has 4 heteroatoms. The van der Waals surface area contributed by atoms with Crippen LogP contribution in [0.25, 0.3) is 0 Å². The number of carbonyl (C=O) groups excluding carboxylic acids is 1. The van der Waals surface area contributed by atoms with Crippen molar-refractivity contribution in [1.29, 1.82) is 0 Å². The number of aliphatic hydroxyl groups is 1. The fourth-order valence-electron chi connectivity index (χ4n) is 9.29. The second-order valence-corrected chi connectivity index (χ2v) is 13.8. The maximum atomic E-state index is 12.2. The van der Waals surface area contributed by atoms with Gasteiger partial charge >= 0.3 is 6.16 Å². The topological polar surface area (TPSA) is 55.8 Å². The van der Waals surface area contributed by atoms with Crippen molar-refractivity contribution in [3.8, 4) is 0 Å². The van der Waals surface area contributed by atoms with E-state index in [-0.39, 0.29) is 18.1 Å². The molecule has 0 spiro atoms. The molecule has 0 bridgehead atoms. The maximum Gasteiger partial charge on any atom is 0.508 e. The minimum absolute atomic E-state index is 0.0531. The van der Waals surface area contributed by atoms with Crippen molar-refractivity contribution in [1.82, 2.24) is 0 Å². The molecule has 3 saturated carbocycles. The molecule has 0 aromatic heterocycles. The summed E-state index contributed by atoms with van der Waals surface area (Å²) < 4.78 is 10.9. The van der Waals surface area contributed by atoms with E-state index in [4.69, 9.17) is 14.6 Å². The number of hydrogen-bond donors (Lipinski definition) is 1. The van der Waals surface area contributed by atoms with Crippen LogP contribution in [0.15, 0.2) is 11.6 Å². The normalized spacial score (nSPS) is 38.5. The van der Waals surface area contributed by atoms with E-state index in [1.807, 2.05) is 0 Å². The number of ether oxygens (including phenoxy) is 2. The highest BCUT2D eigenvalue weighted by atomic mass is 16.7. The summed E-state index contributed by atoms with van der Waals surface area (Å²) in [7, 11) is 0. The van der Waals surface area contributed by atoms with Gasteiger partial charge < -0.3 is 14.6 Å². The smallest absolute Gasteiger partial charge is 0.434 e. The first-order valence-electron chi connectivity index (χ1n) is 15.3. The quantitative estimate of drug-likeness (QED) is 0.185. The van der Waals surface area contributed by atoms with Crippen LogP contribution in [0.5, 0.6) is 0 Å². The van der Waals surface area contributed by atoms with E-state index in [1.165, 1.54) is 51.4 Å². The third kappa shape index (κ3) is 5.69. The van der Waals surface area contributed by atoms with Crippen molar-refractivity contribution in [2.75, 3.05) is 13.2 Å². The van der Waals surface area contributed by atoms with Gasteiger partial charge in [-0.3, -0.25) is 0 Å².